The third kappa shape index (κ3) is 12.8. The molecule has 10 heteroatoms. The van der Waals surface area contributed by atoms with Gasteiger partial charge in [-0.05, 0) is 53.1 Å². The van der Waals surface area contributed by atoms with Gasteiger partial charge in [0.25, 0.3) is 0 Å². The summed E-state index contributed by atoms with van der Waals surface area (Å²) in [5.41, 5.74) is 10.6. The Hall–Kier alpha value is -1.52. The fraction of sp³-hybridized carbons (Fsp3) is 0.833. The largest absolute Gasteiger partial charge is 0.370 e. The Kier molecular flexibility index (Phi) is 15.5. The van der Waals surface area contributed by atoms with Crippen molar-refractivity contribution in [2.45, 2.75) is 63.6 Å². The number of likely N-dealkylation sites (N-methyl/N-ethyl adjacent to an activating group) is 1. The molecule has 28 heavy (non-hydrogen) atoms. The molecule has 0 heterocycles. The summed E-state index contributed by atoms with van der Waals surface area (Å²) < 4.78 is 0. The maximum Gasteiger partial charge on any atom is 0.242 e. The van der Waals surface area contributed by atoms with E-state index in [1.54, 1.807) is 7.05 Å². The van der Waals surface area contributed by atoms with Crippen LogP contribution in [-0.2, 0) is 9.59 Å². The molecule has 0 aliphatic heterocycles. The van der Waals surface area contributed by atoms with Crippen LogP contribution in [0.1, 0.15) is 45.4 Å². The lowest BCUT2D eigenvalue weighted by atomic mass is 10.1. The first kappa shape index (κ1) is 26.5. The van der Waals surface area contributed by atoms with E-state index in [4.69, 9.17) is 11.5 Å². The topological polar surface area (TPSA) is 147 Å². The number of carbonyl (C=O) groups is 2. The molecule has 9 nitrogen and oxygen atoms in total. The van der Waals surface area contributed by atoms with Gasteiger partial charge in [-0.2, -0.15) is 12.6 Å². The van der Waals surface area contributed by atoms with Crippen molar-refractivity contribution in [1.29, 1.82) is 0 Å². The molecule has 0 radical (unpaired) electrons. The molecule has 0 aromatic heterocycles. The highest BCUT2D eigenvalue weighted by Crippen LogP contribution is 2.04. The van der Waals surface area contributed by atoms with Crippen molar-refractivity contribution in [3.63, 3.8) is 0 Å². The van der Waals surface area contributed by atoms with E-state index in [0.717, 1.165) is 32.1 Å². The SMILES string of the molecule is CN[C@H](C)CCCCNC(=O)[C@H](CCCCN=C(N)N)NC(=O)[C@H](CS)NC. The number of rotatable bonds is 16. The van der Waals surface area contributed by atoms with Crippen LogP contribution in [-0.4, -0.2) is 68.8 Å². The molecule has 0 saturated heterocycles. The minimum atomic E-state index is -0.585. The van der Waals surface area contributed by atoms with Crippen molar-refractivity contribution in [3.8, 4) is 0 Å². The number of nitrogens with two attached hydrogens (primary N) is 2. The minimum absolute atomic E-state index is 0.0563. The van der Waals surface area contributed by atoms with Gasteiger partial charge in [0.1, 0.15) is 6.04 Å². The number of thiol groups is 1. The average molecular weight is 418 g/mol. The smallest absolute Gasteiger partial charge is 0.242 e. The van der Waals surface area contributed by atoms with E-state index in [1.165, 1.54) is 0 Å². The number of unbranched alkanes of at least 4 members (excludes halogenated alkanes) is 2. The summed E-state index contributed by atoms with van der Waals surface area (Å²) in [6.07, 6.45) is 4.97. The molecule has 0 aliphatic carbocycles. The third-order valence-electron chi connectivity index (χ3n) is 4.53. The van der Waals surface area contributed by atoms with Crippen LogP contribution < -0.4 is 32.7 Å². The van der Waals surface area contributed by atoms with Gasteiger partial charge in [-0.1, -0.05) is 6.42 Å². The molecule has 0 saturated carbocycles. The molecule has 0 aliphatic rings. The summed E-state index contributed by atoms with van der Waals surface area (Å²) in [4.78, 5) is 28.8. The van der Waals surface area contributed by atoms with Gasteiger partial charge in [0.15, 0.2) is 5.96 Å². The molecule has 164 valence electrons. The highest BCUT2D eigenvalue weighted by Gasteiger charge is 2.23. The Morgan fingerprint density at radius 3 is 2.21 bits per heavy atom. The van der Waals surface area contributed by atoms with Crippen molar-refractivity contribution in [1.82, 2.24) is 21.3 Å². The van der Waals surface area contributed by atoms with Gasteiger partial charge in [-0.3, -0.25) is 14.6 Å². The molecule has 2 amide bonds. The summed E-state index contributed by atoms with van der Waals surface area (Å²) in [6, 6.07) is -0.561. The second kappa shape index (κ2) is 16.4. The van der Waals surface area contributed by atoms with E-state index < -0.39 is 12.1 Å². The highest BCUT2D eigenvalue weighted by atomic mass is 32.1. The van der Waals surface area contributed by atoms with Crippen molar-refractivity contribution in [3.05, 3.63) is 0 Å². The standard InChI is InChI=1S/C18H39N7O2S/c1-13(21-2)8-4-6-10-23-16(26)14(9-5-7-11-24-18(19)20)25-17(27)15(12-28)22-3/h13-15,21-22,28H,4-12H2,1-3H3,(H,23,26)(H,25,27)(H4,19,20,24)/t13-,14+,15+/m1/s1. The quantitative estimate of drug-likeness (QED) is 0.0767. The fourth-order valence-corrected chi connectivity index (χ4v) is 2.92. The van der Waals surface area contributed by atoms with Crippen molar-refractivity contribution in [2.75, 3.05) is 32.9 Å². The second-order valence-corrected chi connectivity index (χ2v) is 7.23. The number of hydrogen-bond acceptors (Lipinski definition) is 6. The van der Waals surface area contributed by atoms with E-state index in [1.807, 2.05) is 7.05 Å². The zero-order chi connectivity index (χ0) is 21.4. The van der Waals surface area contributed by atoms with Gasteiger partial charge in [0.2, 0.25) is 11.8 Å². The predicted molar refractivity (Wildman–Crippen MR) is 119 cm³/mol. The van der Waals surface area contributed by atoms with Crippen molar-refractivity contribution < 1.29 is 9.59 Å². The van der Waals surface area contributed by atoms with Crippen LogP contribution in [0.15, 0.2) is 4.99 Å². The van der Waals surface area contributed by atoms with Crippen LogP contribution in [0.25, 0.3) is 0 Å². The van der Waals surface area contributed by atoms with Gasteiger partial charge < -0.3 is 32.7 Å². The van der Waals surface area contributed by atoms with Crippen LogP contribution in [0.3, 0.4) is 0 Å². The van der Waals surface area contributed by atoms with Gasteiger partial charge in [-0.15, -0.1) is 0 Å². The monoisotopic (exact) mass is 417 g/mol. The Morgan fingerprint density at radius 2 is 1.64 bits per heavy atom. The Bertz CT molecular complexity index is 469. The molecule has 8 N–H and O–H groups in total. The summed E-state index contributed by atoms with van der Waals surface area (Å²) in [7, 11) is 3.63. The van der Waals surface area contributed by atoms with Crippen molar-refractivity contribution in [2.24, 2.45) is 16.5 Å². The van der Waals surface area contributed by atoms with Crippen LogP contribution in [0, 0.1) is 0 Å². The number of amides is 2. The molecule has 0 aromatic rings. The number of guanidine groups is 1. The number of nitrogens with zero attached hydrogens (tertiary/aromatic N) is 1. The van der Waals surface area contributed by atoms with E-state index in [2.05, 4.69) is 45.8 Å². The number of hydrogen-bond donors (Lipinski definition) is 7. The molecule has 0 unspecified atom stereocenters. The molecule has 0 aromatic carbocycles. The summed E-state index contributed by atoms with van der Waals surface area (Å²) in [5.74, 6) is 0.0153. The highest BCUT2D eigenvalue weighted by molar-refractivity contribution is 7.80. The normalized spacial score (nSPS) is 14.0. The van der Waals surface area contributed by atoms with Crippen molar-refractivity contribution >= 4 is 30.4 Å². The van der Waals surface area contributed by atoms with Crippen LogP contribution >= 0.6 is 12.6 Å². The molecular formula is C18H39N7O2S. The van der Waals surface area contributed by atoms with Gasteiger partial charge >= 0.3 is 0 Å². The van der Waals surface area contributed by atoms with Gasteiger partial charge in [0, 0.05) is 24.9 Å². The summed E-state index contributed by atoms with van der Waals surface area (Å²) >= 11 is 4.16. The lowest BCUT2D eigenvalue weighted by Gasteiger charge is -2.21. The predicted octanol–water partition coefficient (Wildman–Crippen LogP) is -0.673. The molecule has 0 spiro atoms. The molecular weight excluding hydrogens is 378 g/mol. The zero-order valence-electron chi connectivity index (χ0n) is 17.5. The molecule has 0 rings (SSSR count). The first-order chi connectivity index (χ1) is 13.3. The molecule has 0 fully saturated rings. The van der Waals surface area contributed by atoms with Crippen LogP contribution in [0.2, 0.25) is 0 Å². The maximum absolute atomic E-state index is 12.6. The van der Waals surface area contributed by atoms with E-state index >= 15 is 0 Å². The third-order valence-corrected chi connectivity index (χ3v) is 4.90. The van der Waals surface area contributed by atoms with E-state index in [-0.39, 0.29) is 17.8 Å². The lowest BCUT2D eigenvalue weighted by molar-refractivity contribution is -0.129. The second-order valence-electron chi connectivity index (χ2n) is 6.86. The maximum atomic E-state index is 12.6. The lowest BCUT2D eigenvalue weighted by Crippen LogP contribution is -2.52. The van der Waals surface area contributed by atoms with E-state index in [9.17, 15) is 9.59 Å². The zero-order valence-corrected chi connectivity index (χ0v) is 18.4. The molecule has 0 bridgehead atoms. The first-order valence-electron chi connectivity index (χ1n) is 9.94. The fourth-order valence-electron chi connectivity index (χ4n) is 2.57. The Morgan fingerprint density at radius 1 is 0.964 bits per heavy atom. The Labute approximate surface area is 174 Å². The summed E-state index contributed by atoms with van der Waals surface area (Å²) in [6.45, 7) is 3.23. The van der Waals surface area contributed by atoms with Crippen LogP contribution in [0.4, 0.5) is 0 Å². The number of aliphatic imine (C=N–C) groups is 1. The van der Waals surface area contributed by atoms with Gasteiger partial charge in [-0.25, -0.2) is 0 Å². The van der Waals surface area contributed by atoms with Crippen LogP contribution in [0.5, 0.6) is 0 Å². The number of nitrogens with one attached hydrogen (secondary N) is 4. The Balaban J connectivity index is 4.52. The van der Waals surface area contributed by atoms with Gasteiger partial charge in [0.05, 0.1) is 6.04 Å². The first-order valence-corrected chi connectivity index (χ1v) is 10.6. The summed E-state index contributed by atoms with van der Waals surface area (Å²) in [5, 5.41) is 11.8. The van der Waals surface area contributed by atoms with E-state index in [0.29, 0.717) is 31.3 Å². The average Bonchev–Trinajstić information content (AvgIpc) is 2.66. The number of carbonyl (C=O) groups excluding carboxylic acids is 2. The molecule has 3 atom stereocenters. The minimum Gasteiger partial charge on any atom is -0.370 e.